The molecule has 1 aromatic heterocycles. The van der Waals surface area contributed by atoms with Crippen LogP contribution in [0.3, 0.4) is 0 Å². The highest BCUT2D eigenvalue weighted by molar-refractivity contribution is 5.87. The lowest BCUT2D eigenvalue weighted by Gasteiger charge is -2.06. The van der Waals surface area contributed by atoms with E-state index in [1.54, 1.807) is 6.26 Å². The van der Waals surface area contributed by atoms with Crippen LogP contribution in [0.4, 0.5) is 0 Å². The molecular formula is C14H17NO2. The maximum Gasteiger partial charge on any atom is 0.224 e. The number of amides is 1. The molecule has 0 unspecified atom stereocenters. The highest BCUT2D eigenvalue weighted by Crippen LogP contribution is 2.20. The van der Waals surface area contributed by atoms with Crippen molar-refractivity contribution in [3.8, 4) is 0 Å². The molecule has 0 fully saturated rings. The summed E-state index contributed by atoms with van der Waals surface area (Å²) in [5.74, 6) is 0.519. The quantitative estimate of drug-likeness (QED) is 0.879. The van der Waals surface area contributed by atoms with Crippen molar-refractivity contribution in [1.82, 2.24) is 5.32 Å². The average molecular weight is 231 g/mol. The second-order valence-electron chi connectivity index (χ2n) is 4.63. The van der Waals surface area contributed by atoms with Crippen molar-refractivity contribution < 1.29 is 9.21 Å². The van der Waals surface area contributed by atoms with Crippen molar-refractivity contribution in [3.05, 3.63) is 36.1 Å². The Morgan fingerprint density at radius 2 is 2.12 bits per heavy atom. The summed E-state index contributed by atoms with van der Waals surface area (Å²) in [6.45, 7) is 4.87. The van der Waals surface area contributed by atoms with Gasteiger partial charge in [0.15, 0.2) is 0 Å². The number of hydrogen-bond donors (Lipinski definition) is 1. The van der Waals surface area contributed by atoms with E-state index in [2.05, 4.69) is 19.2 Å². The molecule has 2 rings (SSSR count). The van der Waals surface area contributed by atoms with Crippen LogP contribution < -0.4 is 5.32 Å². The fourth-order valence-corrected chi connectivity index (χ4v) is 1.72. The van der Waals surface area contributed by atoms with Gasteiger partial charge in [0.05, 0.1) is 12.7 Å². The Labute approximate surface area is 101 Å². The normalized spacial score (nSPS) is 11.0. The Kier molecular flexibility index (Phi) is 3.47. The zero-order valence-electron chi connectivity index (χ0n) is 10.2. The predicted molar refractivity (Wildman–Crippen MR) is 67.8 cm³/mol. The Hall–Kier alpha value is -1.77. The predicted octanol–water partition coefficient (Wildman–Crippen LogP) is 2.75. The fourth-order valence-electron chi connectivity index (χ4n) is 1.72. The number of fused-ring (bicyclic) bond motifs is 1. The van der Waals surface area contributed by atoms with Gasteiger partial charge in [-0.1, -0.05) is 32.0 Å². The lowest BCUT2D eigenvalue weighted by molar-refractivity contribution is -0.120. The Bertz CT molecular complexity index is 514. The number of para-hydroxylation sites is 1. The van der Waals surface area contributed by atoms with Crippen molar-refractivity contribution in [2.45, 2.75) is 20.3 Å². The molecule has 3 nitrogen and oxygen atoms in total. The van der Waals surface area contributed by atoms with Gasteiger partial charge in [-0.25, -0.2) is 0 Å². The SMILES string of the molecule is CC(C)CNC(=O)Cc1coc2ccccc12. The van der Waals surface area contributed by atoms with E-state index in [0.29, 0.717) is 18.9 Å². The first-order valence-corrected chi connectivity index (χ1v) is 5.88. The molecule has 0 spiro atoms. The smallest absolute Gasteiger partial charge is 0.224 e. The molecule has 1 amide bonds. The van der Waals surface area contributed by atoms with Crippen LogP contribution in [0.2, 0.25) is 0 Å². The summed E-state index contributed by atoms with van der Waals surface area (Å²) < 4.78 is 5.40. The topological polar surface area (TPSA) is 42.2 Å². The van der Waals surface area contributed by atoms with Crippen LogP contribution >= 0.6 is 0 Å². The maximum absolute atomic E-state index is 11.7. The maximum atomic E-state index is 11.7. The fraction of sp³-hybridized carbons (Fsp3) is 0.357. The van der Waals surface area contributed by atoms with E-state index in [9.17, 15) is 4.79 Å². The first-order valence-electron chi connectivity index (χ1n) is 5.88. The minimum atomic E-state index is 0.0465. The van der Waals surface area contributed by atoms with E-state index in [1.807, 2.05) is 24.3 Å². The molecule has 0 saturated heterocycles. The van der Waals surface area contributed by atoms with Crippen LogP contribution in [0, 0.1) is 5.92 Å². The van der Waals surface area contributed by atoms with Crippen LogP contribution in [0.1, 0.15) is 19.4 Å². The van der Waals surface area contributed by atoms with E-state index in [4.69, 9.17) is 4.42 Å². The average Bonchev–Trinajstić information content (AvgIpc) is 2.70. The van der Waals surface area contributed by atoms with E-state index in [-0.39, 0.29) is 5.91 Å². The van der Waals surface area contributed by atoms with Crippen molar-refractivity contribution in [3.63, 3.8) is 0 Å². The molecule has 0 saturated carbocycles. The summed E-state index contributed by atoms with van der Waals surface area (Å²) >= 11 is 0. The summed E-state index contributed by atoms with van der Waals surface area (Å²) in [4.78, 5) is 11.7. The third-order valence-corrected chi connectivity index (χ3v) is 2.62. The van der Waals surface area contributed by atoms with Gasteiger partial charge in [0, 0.05) is 17.5 Å². The van der Waals surface area contributed by atoms with Gasteiger partial charge in [-0.3, -0.25) is 4.79 Å². The molecule has 0 aliphatic rings. The second kappa shape index (κ2) is 5.04. The molecule has 1 heterocycles. The van der Waals surface area contributed by atoms with Crippen molar-refractivity contribution in [2.75, 3.05) is 6.54 Å². The van der Waals surface area contributed by atoms with Gasteiger partial charge in [-0.15, -0.1) is 0 Å². The highest BCUT2D eigenvalue weighted by Gasteiger charge is 2.09. The number of rotatable bonds is 4. The minimum Gasteiger partial charge on any atom is -0.464 e. The number of furan rings is 1. The summed E-state index contributed by atoms with van der Waals surface area (Å²) in [6, 6.07) is 7.76. The summed E-state index contributed by atoms with van der Waals surface area (Å²) in [5, 5.41) is 3.93. The molecule has 0 radical (unpaired) electrons. The van der Waals surface area contributed by atoms with Crippen LogP contribution in [0.5, 0.6) is 0 Å². The molecule has 0 aliphatic carbocycles. The summed E-state index contributed by atoms with van der Waals surface area (Å²) in [6.07, 6.45) is 2.04. The lowest BCUT2D eigenvalue weighted by Crippen LogP contribution is -2.28. The minimum absolute atomic E-state index is 0.0465. The first-order chi connectivity index (χ1) is 8.16. The Morgan fingerprint density at radius 3 is 2.88 bits per heavy atom. The molecule has 0 bridgehead atoms. The number of carbonyl (C=O) groups is 1. The highest BCUT2D eigenvalue weighted by atomic mass is 16.3. The van der Waals surface area contributed by atoms with Gasteiger partial charge in [-0.2, -0.15) is 0 Å². The molecular weight excluding hydrogens is 214 g/mol. The third kappa shape index (κ3) is 2.87. The second-order valence-corrected chi connectivity index (χ2v) is 4.63. The monoisotopic (exact) mass is 231 g/mol. The zero-order chi connectivity index (χ0) is 12.3. The van der Waals surface area contributed by atoms with Gasteiger partial charge >= 0.3 is 0 Å². The lowest BCUT2D eigenvalue weighted by atomic mass is 10.1. The van der Waals surface area contributed by atoms with Crippen molar-refractivity contribution in [1.29, 1.82) is 0 Å². The molecule has 3 heteroatoms. The van der Waals surface area contributed by atoms with Gasteiger partial charge < -0.3 is 9.73 Å². The van der Waals surface area contributed by atoms with Crippen LogP contribution in [-0.4, -0.2) is 12.5 Å². The van der Waals surface area contributed by atoms with Crippen molar-refractivity contribution >= 4 is 16.9 Å². The number of benzene rings is 1. The van der Waals surface area contributed by atoms with Gasteiger partial charge in [0.25, 0.3) is 0 Å². The van der Waals surface area contributed by atoms with E-state index in [1.165, 1.54) is 0 Å². The zero-order valence-corrected chi connectivity index (χ0v) is 10.2. The van der Waals surface area contributed by atoms with Crippen LogP contribution in [0.15, 0.2) is 34.9 Å². The number of carbonyl (C=O) groups excluding carboxylic acids is 1. The number of hydrogen-bond acceptors (Lipinski definition) is 2. The summed E-state index contributed by atoms with van der Waals surface area (Å²) in [7, 11) is 0. The van der Waals surface area contributed by atoms with Crippen molar-refractivity contribution in [2.24, 2.45) is 5.92 Å². The summed E-state index contributed by atoms with van der Waals surface area (Å²) in [5.41, 5.74) is 1.78. The van der Waals surface area contributed by atoms with Crippen LogP contribution in [0.25, 0.3) is 11.0 Å². The molecule has 17 heavy (non-hydrogen) atoms. The molecule has 1 aromatic carbocycles. The molecule has 2 aromatic rings. The van der Waals surface area contributed by atoms with E-state index >= 15 is 0 Å². The molecule has 90 valence electrons. The standard InChI is InChI=1S/C14H17NO2/c1-10(2)8-15-14(16)7-11-9-17-13-6-4-3-5-12(11)13/h3-6,9-10H,7-8H2,1-2H3,(H,15,16). The van der Waals surface area contributed by atoms with Gasteiger partial charge in [0.1, 0.15) is 5.58 Å². The molecule has 0 atom stereocenters. The molecule has 0 aliphatic heterocycles. The van der Waals surface area contributed by atoms with E-state index < -0.39 is 0 Å². The first kappa shape index (κ1) is 11.7. The Morgan fingerprint density at radius 1 is 1.35 bits per heavy atom. The van der Waals surface area contributed by atoms with E-state index in [0.717, 1.165) is 16.5 Å². The third-order valence-electron chi connectivity index (χ3n) is 2.62. The number of nitrogens with one attached hydrogen (secondary N) is 1. The largest absolute Gasteiger partial charge is 0.464 e. The molecule has 1 N–H and O–H groups in total. The van der Waals surface area contributed by atoms with Gasteiger partial charge in [-0.05, 0) is 12.0 Å². The van der Waals surface area contributed by atoms with Gasteiger partial charge in [0.2, 0.25) is 5.91 Å². The Balaban J connectivity index is 2.06. The van der Waals surface area contributed by atoms with Crippen LogP contribution in [-0.2, 0) is 11.2 Å².